The van der Waals surface area contributed by atoms with E-state index in [0.29, 0.717) is 19.8 Å². The van der Waals surface area contributed by atoms with Crippen molar-refractivity contribution in [3.8, 4) is 0 Å². The van der Waals surface area contributed by atoms with E-state index in [9.17, 15) is 21.6 Å². The van der Waals surface area contributed by atoms with Crippen molar-refractivity contribution < 1.29 is 26.4 Å². The van der Waals surface area contributed by atoms with Crippen LogP contribution in [0.4, 0.5) is 0 Å². The molecule has 31 heavy (non-hydrogen) atoms. The Morgan fingerprint density at radius 3 is 2.32 bits per heavy atom. The van der Waals surface area contributed by atoms with Gasteiger partial charge >= 0.3 is 0 Å². The second-order valence-corrected chi connectivity index (χ2v) is 11.7. The number of benzene rings is 1. The van der Waals surface area contributed by atoms with Crippen molar-refractivity contribution in [2.75, 3.05) is 39.4 Å². The molecule has 1 aromatic carbocycles. The van der Waals surface area contributed by atoms with E-state index in [4.69, 9.17) is 4.74 Å². The summed E-state index contributed by atoms with van der Waals surface area (Å²) in [6, 6.07) is 8.83. The first-order valence-electron chi connectivity index (χ1n) is 9.72. The van der Waals surface area contributed by atoms with Crippen LogP contribution >= 0.6 is 11.3 Å². The minimum Gasteiger partial charge on any atom is -0.379 e. The number of nitrogens with zero attached hydrogens (tertiary/aromatic N) is 2. The topological polar surface area (TPSA) is 113 Å². The van der Waals surface area contributed by atoms with Gasteiger partial charge in [-0.2, -0.15) is 8.61 Å². The van der Waals surface area contributed by atoms with E-state index < -0.39 is 26.0 Å². The summed E-state index contributed by atoms with van der Waals surface area (Å²) >= 11 is 1.50. The number of rotatable bonds is 9. The number of sulfonamides is 2. The smallest absolute Gasteiger partial charge is 0.243 e. The highest BCUT2D eigenvalue weighted by atomic mass is 32.2. The van der Waals surface area contributed by atoms with Crippen molar-refractivity contribution in [1.82, 2.24) is 13.9 Å². The molecule has 1 fully saturated rings. The second kappa shape index (κ2) is 10.2. The van der Waals surface area contributed by atoms with Gasteiger partial charge < -0.3 is 10.1 Å². The summed E-state index contributed by atoms with van der Waals surface area (Å²) < 4.78 is 58.9. The Balaban J connectivity index is 1.69. The zero-order chi connectivity index (χ0) is 22.5. The second-order valence-electron chi connectivity index (χ2n) is 6.78. The molecule has 1 amide bonds. The number of thiophene rings is 1. The zero-order valence-electron chi connectivity index (χ0n) is 17.1. The van der Waals surface area contributed by atoms with Crippen LogP contribution in [-0.2, 0) is 36.1 Å². The van der Waals surface area contributed by atoms with Crippen molar-refractivity contribution >= 4 is 37.3 Å². The highest BCUT2D eigenvalue weighted by molar-refractivity contribution is 7.89. The molecule has 9 nitrogen and oxygen atoms in total. The largest absolute Gasteiger partial charge is 0.379 e. The predicted molar refractivity (Wildman–Crippen MR) is 117 cm³/mol. The van der Waals surface area contributed by atoms with Gasteiger partial charge in [-0.05, 0) is 35.7 Å². The Bertz CT molecular complexity index is 1080. The van der Waals surface area contributed by atoms with Gasteiger partial charge in [-0.25, -0.2) is 16.8 Å². The van der Waals surface area contributed by atoms with E-state index in [1.165, 1.54) is 39.9 Å². The van der Waals surface area contributed by atoms with Crippen molar-refractivity contribution in [1.29, 1.82) is 0 Å². The average Bonchev–Trinajstić information content (AvgIpc) is 3.30. The first-order valence-corrected chi connectivity index (χ1v) is 13.5. The fourth-order valence-corrected chi connectivity index (χ4v) is 6.51. The van der Waals surface area contributed by atoms with Gasteiger partial charge in [-0.1, -0.05) is 13.0 Å². The van der Waals surface area contributed by atoms with E-state index in [2.05, 4.69) is 5.32 Å². The molecular weight excluding hydrogens is 462 g/mol. The molecule has 1 aliphatic heterocycles. The predicted octanol–water partition coefficient (Wildman–Crippen LogP) is 1.10. The quantitative estimate of drug-likeness (QED) is 0.567. The van der Waals surface area contributed by atoms with E-state index in [1.54, 1.807) is 6.92 Å². The molecule has 1 aliphatic rings. The van der Waals surface area contributed by atoms with Gasteiger partial charge in [0.15, 0.2) is 0 Å². The SMILES string of the molecule is CCN(CC(=O)NCc1cccs1)S(=O)(=O)c1ccc(S(=O)(=O)N2CCOCC2)cc1. The lowest BCUT2D eigenvalue weighted by Gasteiger charge is -2.26. The summed E-state index contributed by atoms with van der Waals surface area (Å²) in [6.45, 7) is 2.92. The highest BCUT2D eigenvalue weighted by Gasteiger charge is 2.29. The minimum absolute atomic E-state index is 0.0186. The minimum atomic E-state index is -3.96. The molecule has 3 rings (SSSR count). The van der Waals surface area contributed by atoms with Gasteiger partial charge in [0.05, 0.1) is 36.1 Å². The molecule has 1 N–H and O–H groups in total. The van der Waals surface area contributed by atoms with Gasteiger partial charge in [0.2, 0.25) is 26.0 Å². The van der Waals surface area contributed by atoms with E-state index >= 15 is 0 Å². The number of ether oxygens (including phenoxy) is 1. The number of nitrogens with one attached hydrogen (secondary N) is 1. The number of morpholine rings is 1. The van der Waals surface area contributed by atoms with Gasteiger partial charge in [-0.15, -0.1) is 11.3 Å². The molecule has 0 aliphatic carbocycles. The van der Waals surface area contributed by atoms with Crippen LogP contribution in [0.2, 0.25) is 0 Å². The van der Waals surface area contributed by atoms with Crippen molar-refractivity contribution in [2.45, 2.75) is 23.3 Å². The van der Waals surface area contributed by atoms with Gasteiger partial charge in [0, 0.05) is 24.5 Å². The Morgan fingerprint density at radius 2 is 1.74 bits per heavy atom. The highest BCUT2D eigenvalue weighted by Crippen LogP contribution is 2.21. The van der Waals surface area contributed by atoms with Crippen LogP contribution in [-0.4, -0.2) is 70.7 Å². The van der Waals surface area contributed by atoms with Crippen LogP contribution in [0.15, 0.2) is 51.6 Å². The first kappa shape index (κ1) is 23.8. The fraction of sp³-hybridized carbons (Fsp3) is 0.421. The fourth-order valence-electron chi connectivity index (χ4n) is 3.05. The summed E-state index contributed by atoms with van der Waals surface area (Å²) in [4.78, 5) is 13.2. The summed E-state index contributed by atoms with van der Waals surface area (Å²) in [5.41, 5.74) is 0. The van der Waals surface area contributed by atoms with Crippen LogP contribution in [0.1, 0.15) is 11.8 Å². The molecule has 12 heteroatoms. The van der Waals surface area contributed by atoms with Crippen LogP contribution < -0.4 is 5.32 Å². The van der Waals surface area contributed by atoms with Crippen LogP contribution in [0.5, 0.6) is 0 Å². The number of hydrogen-bond donors (Lipinski definition) is 1. The Morgan fingerprint density at radius 1 is 1.10 bits per heavy atom. The number of likely N-dealkylation sites (N-methyl/N-ethyl adjacent to an activating group) is 1. The van der Waals surface area contributed by atoms with Crippen LogP contribution in [0.25, 0.3) is 0 Å². The monoisotopic (exact) mass is 487 g/mol. The molecule has 0 radical (unpaired) electrons. The number of carbonyl (C=O) groups excluding carboxylic acids is 1. The lowest BCUT2D eigenvalue weighted by atomic mass is 10.4. The maximum absolute atomic E-state index is 13.0. The number of hydrogen-bond acceptors (Lipinski definition) is 7. The number of amides is 1. The third-order valence-electron chi connectivity index (χ3n) is 4.78. The van der Waals surface area contributed by atoms with Gasteiger partial charge in [0.25, 0.3) is 0 Å². The van der Waals surface area contributed by atoms with Gasteiger partial charge in [-0.3, -0.25) is 4.79 Å². The summed E-state index contributed by atoms with van der Waals surface area (Å²) in [7, 11) is -7.67. The normalized spacial score (nSPS) is 15.8. The molecule has 0 saturated carbocycles. The molecule has 0 atom stereocenters. The van der Waals surface area contributed by atoms with Gasteiger partial charge in [0.1, 0.15) is 0 Å². The van der Waals surface area contributed by atoms with Crippen LogP contribution in [0.3, 0.4) is 0 Å². The molecular formula is C19H25N3O6S3. The molecule has 0 spiro atoms. The molecule has 1 aromatic heterocycles. The third-order valence-corrected chi connectivity index (χ3v) is 9.51. The van der Waals surface area contributed by atoms with Crippen molar-refractivity contribution in [3.63, 3.8) is 0 Å². The molecule has 1 saturated heterocycles. The molecule has 2 heterocycles. The van der Waals surface area contributed by atoms with Crippen LogP contribution in [0, 0.1) is 0 Å². The lowest BCUT2D eigenvalue weighted by molar-refractivity contribution is -0.121. The Hall–Kier alpha value is -1.83. The Labute approximate surface area is 186 Å². The van der Waals surface area contributed by atoms with Crippen molar-refractivity contribution in [2.24, 2.45) is 0 Å². The van der Waals surface area contributed by atoms with E-state index in [1.807, 2.05) is 17.5 Å². The first-order chi connectivity index (χ1) is 14.7. The molecule has 170 valence electrons. The maximum Gasteiger partial charge on any atom is 0.243 e. The summed E-state index contributed by atoms with van der Waals surface area (Å²) in [5.74, 6) is -0.412. The lowest BCUT2D eigenvalue weighted by Crippen LogP contribution is -2.41. The van der Waals surface area contributed by atoms with E-state index in [0.717, 1.165) is 9.18 Å². The molecule has 0 bridgehead atoms. The molecule has 2 aromatic rings. The zero-order valence-corrected chi connectivity index (χ0v) is 19.5. The molecule has 0 unspecified atom stereocenters. The van der Waals surface area contributed by atoms with Crippen molar-refractivity contribution in [3.05, 3.63) is 46.7 Å². The average molecular weight is 488 g/mol. The summed E-state index contributed by atoms with van der Waals surface area (Å²) in [6.07, 6.45) is 0. The number of carbonyl (C=O) groups is 1. The third kappa shape index (κ3) is 5.70. The summed E-state index contributed by atoms with van der Waals surface area (Å²) in [5, 5.41) is 4.61. The maximum atomic E-state index is 13.0. The standard InChI is InChI=1S/C19H25N3O6S3/c1-2-21(15-19(23)20-14-16-4-3-13-29-16)30(24,25)17-5-7-18(8-6-17)31(26,27)22-9-11-28-12-10-22/h3-8,13H,2,9-12,14-15H2,1H3,(H,20,23). The Kier molecular flexibility index (Phi) is 7.83. The van der Waals surface area contributed by atoms with E-state index in [-0.39, 0.29) is 36.0 Å².